The fraction of sp³-hybridized carbons (Fsp3) is 0.211. The van der Waals surface area contributed by atoms with Gasteiger partial charge in [-0.2, -0.15) is 0 Å². The van der Waals surface area contributed by atoms with Crippen molar-refractivity contribution in [2.45, 2.75) is 0 Å². The van der Waals surface area contributed by atoms with Crippen LogP contribution in [-0.2, 0) is 4.74 Å². The molecule has 1 aliphatic rings. The minimum Gasteiger partial charge on any atom is -0.378 e. The van der Waals surface area contributed by atoms with Gasteiger partial charge in [0.2, 0.25) is 0 Å². The second-order valence-electron chi connectivity index (χ2n) is 6.19. The van der Waals surface area contributed by atoms with E-state index in [-0.39, 0.29) is 17.2 Å². The van der Waals surface area contributed by atoms with Crippen LogP contribution >= 0.6 is 0 Å². The van der Waals surface area contributed by atoms with Crippen molar-refractivity contribution in [1.29, 1.82) is 0 Å². The van der Waals surface area contributed by atoms with Crippen LogP contribution in [0.3, 0.4) is 0 Å². The quantitative estimate of drug-likeness (QED) is 0.722. The normalized spacial score (nSPS) is 14.1. The van der Waals surface area contributed by atoms with E-state index >= 15 is 0 Å². The molecule has 9 nitrogen and oxygen atoms in total. The molecule has 3 aromatic rings. The fourth-order valence-corrected chi connectivity index (χ4v) is 2.99. The molecule has 3 aromatic heterocycles. The zero-order valence-electron chi connectivity index (χ0n) is 14.9. The number of amides is 2. The van der Waals surface area contributed by atoms with Gasteiger partial charge < -0.3 is 15.0 Å². The summed E-state index contributed by atoms with van der Waals surface area (Å²) in [7, 11) is 0. The van der Waals surface area contributed by atoms with Crippen LogP contribution in [0, 0.1) is 0 Å². The van der Waals surface area contributed by atoms with Crippen LogP contribution in [0.4, 0.5) is 5.69 Å². The van der Waals surface area contributed by atoms with Gasteiger partial charge in [0.1, 0.15) is 5.69 Å². The van der Waals surface area contributed by atoms with Gasteiger partial charge in [0.25, 0.3) is 17.4 Å². The number of ether oxygens (including phenoxy) is 1. The van der Waals surface area contributed by atoms with E-state index in [0.29, 0.717) is 37.4 Å². The molecule has 4 heterocycles. The molecule has 142 valence electrons. The number of anilines is 1. The minimum atomic E-state index is -0.473. The van der Waals surface area contributed by atoms with Crippen LogP contribution < -0.4 is 10.9 Å². The molecule has 0 unspecified atom stereocenters. The zero-order valence-corrected chi connectivity index (χ0v) is 14.9. The lowest BCUT2D eigenvalue weighted by molar-refractivity contribution is 0.0303. The maximum atomic E-state index is 12.8. The number of carbonyl (C=O) groups excluding carboxylic acids is 2. The van der Waals surface area contributed by atoms with Gasteiger partial charge in [0, 0.05) is 31.7 Å². The molecule has 0 saturated carbocycles. The lowest BCUT2D eigenvalue weighted by atomic mass is 10.2. The summed E-state index contributed by atoms with van der Waals surface area (Å²) in [6.45, 7) is 1.94. The third kappa shape index (κ3) is 3.35. The van der Waals surface area contributed by atoms with Crippen LogP contribution in [0.5, 0.6) is 0 Å². The summed E-state index contributed by atoms with van der Waals surface area (Å²) in [5, 5.41) is 2.54. The van der Waals surface area contributed by atoms with E-state index in [9.17, 15) is 14.4 Å². The standard InChI is InChI=1S/C19H17N5O4/c25-17(13-3-1-5-20-11-13)22-15-12-21-16-14(4-2-6-24(16)19(15)27)18(26)23-7-9-28-10-8-23/h1-6,11-12H,7-10H2,(H,22,25). The molecule has 0 bridgehead atoms. The second-order valence-corrected chi connectivity index (χ2v) is 6.19. The third-order valence-corrected chi connectivity index (χ3v) is 4.43. The van der Waals surface area contributed by atoms with Gasteiger partial charge in [-0.15, -0.1) is 0 Å². The van der Waals surface area contributed by atoms with Gasteiger partial charge in [-0.1, -0.05) is 0 Å². The summed E-state index contributed by atoms with van der Waals surface area (Å²) in [6.07, 6.45) is 5.74. The number of aromatic nitrogens is 3. The summed E-state index contributed by atoms with van der Waals surface area (Å²) >= 11 is 0. The zero-order chi connectivity index (χ0) is 19.5. The van der Waals surface area contributed by atoms with E-state index in [0.717, 1.165) is 0 Å². The molecule has 0 atom stereocenters. The molecule has 1 aliphatic heterocycles. The molecule has 28 heavy (non-hydrogen) atoms. The highest BCUT2D eigenvalue weighted by Gasteiger charge is 2.22. The molecule has 2 amide bonds. The molecule has 0 radical (unpaired) electrons. The Morgan fingerprint density at radius 1 is 1.11 bits per heavy atom. The van der Waals surface area contributed by atoms with Crippen LogP contribution in [-0.4, -0.2) is 57.4 Å². The van der Waals surface area contributed by atoms with Gasteiger partial charge in [-0.25, -0.2) is 4.98 Å². The number of nitrogens with zero attached hydrogens (tertiary/aromatic N) is 4. The Bertz CT molecular complexity index is 1090. The molecule has 0 spiro atoms. The average molecular weight is 379 g/mol. The van der Waals surface area contributed by atoms with Crippen molar-refractivity contribution >= 4 is 23.1 Å². The van der Waals surface area contributed by atoms with Crippen molar-refractivity contribution in [3.05, 3.63) is 70.5 Å². The summed E-state index contributed by atoms with van der Waals surface area (Å²) < 4.78 is 6.53. The Morgan fingerprint density at radius 3 is 2.68 bits per heavy atom. The first kappa shape index (κ1) is 17.8. The molecule has 4 rings (SSSR count). The number of hydrogen-bond donors (Lipinski definition) is 1. The van der Waals surface area contributed by atoms with Gasteiger partial charge in [0.05, 0.1) is 30.5 Å². The minimum absolute atomic E-state index is 0.0160. The molecule has 9 heteroatoms. The number of pyridine rings is 2. The van der Waals surface area contributed by atoms with Crippen molar-refractivity contribution < 1.29 is 14.3 Å². The van der Waals surface area contributed by atoms with E-state index in [1.807, 2.05) is 0 Å². The van der Waals surface area contributed by atoms with Crippen LogP contribution in [0.1, 0.15) is 20.7 Å². The largest absolute Gasteiger partial charge is 0.378 e. The molecule has 1 saturated heterocycles. The lowest BCUT2D eigenvalue weighted by Crippen LogP contribution is -2.41. The molecule has 1 fully saturated rings. The number of nitrogens with one attached hydrogen (secondary N) is 1. The maximum absolute atomic E-state index is 12.8. The Morgan fingerprint density at radius 2 is 1.93 bits per heavy atom. The Kier molecular flexibility index (Phi) is 4.81. The van der Waals surface area contributed by atoms with Gasteiger partial charge in [-0.3, -0.25) is 23.8 Å². The summed E-state index contributed by atoms with van der Waals surface area (Å²) in [4.78, 5) is 47.7. The van der Waals surface area contributed by atoms with E-state index in [1.54, 1.807) is 35.4 Å². The Hall–Kier alpha value is -3.59. The van der Waals surface area contributed by atoms with Crippen molar-refractivity contribution in [3.8, 4) is 0 Å². The van der Waals surface area contributed by atoms with E-state index in [4.69, 9.17) is 4.74 Å². The first-order chi connectivity index (χ1) is 13.6. The first-order valence-corrected chi connectivity index (χ1v) is 8.74. The third-order valence-electron chi connectivity index (χ3n) is 4.43. The average Bonchev–Trinajstić information content (AvgIpc) is 2.76. The molecule has 0 aliphatic carbocycles. The number of rotatable bonds is 3. The predicted octanol–water partition coefficient (Wildman–Crippen LogP) is 0.814. The summed E-state index contributed by atoms with van der Waals surface area (Å²) in [5.74, 6) is -0.673. The Labute approximate surface area is 159 Å². The highest BCUT2D eigenvalue weighted by molar-refractivity contribution is 6.04. The van der Waals surface area contributed by atoms with E-state index in [2.05, 4.69) is 15.3 Å². The van der Waals surface area contributed by atoms with E-state index < -0.39 is 11.5 Å². The SMILES string of the molecule is O=C(Nc1cnc2c(C(=O)N3CCOCC3)cccn2c1=O)c1cccnc1. The fourth-order valence-electron chi connectivity index (χ4n) is 2.99. The second kappa shape index (κ2) is 7.57. The summed E-state index contributed by atoms with van der Waals surface area (Å²) in [5.41, 5.74) is 0.430. The van der Waals surface area contributed by atoms with Gasteiger partial charge in [0.15, 0.2) is 5.65 Å². The molecule has 1 N–H and O–H groups in total. The van der Waals surface area contributed by atoms with Crippen molar-refractivity contribution in [1.82, 2.24) is 19.3 Å². The number of carbonyl (C=O) groups is 2. The van der Waals surface area contributed by atoms with Crippen LogP contribution in [0.25, 0.3) is 5.65 Å². The van der Waals surface area contributed by atoms with Gasteiger partial charge >= 0.3 is 0 Å². The van der Waals surface area contributed by atoms with Crippen molar-refractivity contribution in [2.24, 2.45) is 0 Å². The molecule has 0 aromatic carbocycles. The number of fused-ring (bicyclic) bond motifs is 1. The number of hydrogen-bond acceptors (Lipinski definition) is 6. The number of morpholine rings is 1. The van der Waals surface area contributed by atoms with Gasteiger partial charge in [-0.05, 0) is 24.3 Å². The first-order valence-electron chi connectivity index (χ1n) is 8.74. The van der Waals surface area contributed by atoms with Crippen molar-refractivity contribution in [2.75, 3.05) is 31.6 Å². The molecular weight excluding hydrogens is 362 g/mol. The Balaban J connectivity index is 1.67. The van der Waals surface area contributed by atoms with Crippen molar-refractivity contribution in [3.63, 3.8) is 0 Å². The predicted molar refractivity (Wildman–Crippen MR) is 100 cm³/mol. The van der Waals surface area contributed by atoms with Crippen LogP contribution in [0.2, 0.25) is 0 Å². The lowest BCUT2D eigenvalue weighted by Gasteiger charge is -2.27. The maximum Gasteiger partial charge on any atom is 0.281 e. The highest BCUT2D eigenvalue weighted by Crippen LogP contribution is 2.13. The molecular formula is C19H17N5O4. The highest BCUT2D eigenvalue weighted by atomic mass is 16.5. The van der Waals surface area contributed by atoms with E-state index in [1.165, 1.54) is 23.0 Å². The monoisotopic (exact) mass is 379 g/mol. The summed E-state index contributed by atoms with van der Waals surface area (Å²) in [6, 6.07) is 6.46. The smallest absolute Gasteiger partial charge is 0.281 e. The van der Waals surface area contributed by atoms with Crippen LogP contribution in [0.15, 0.2) is 53.8 Å². The topological polar surface area (TPSA) is 106 Å².